The van der Waals surface area contributed by atoms with Crippen molar-refractivity contribution in [2.75, 3.05) is 6.61 Å². The first-order valence-electron chi connectivity index (χ1n) is 5.65. The molecule has 1 aromatic heterocycles. The van der Waals surface area contributed by atoms with Crippen molar-refractivity contribution in [3.05, 3.63) is 54.1 Å². The molecule has 1 amide bonds. The van der Waals surface area contributed by atoms with Crippen molar-refractivity contribution in [3.63, 3.8) is 0 Å². The first kappa shape index (κ1) is 12.9. The highest BCUT2D eigenvalue weighted by Crippen LogP contribution is 2.02. The molecule has 6 heteroatoms. The minimum atomic E-state index is -0.306. The molecular weight excluding hydrogens is 249 g/mol. The Bertz CT molecular complexity index is 531. The predicted octanol–water partition coefficient (Wildman–Crippen LogP) is 1.31. The van der Waals surface area contributed by atoms with E-state index < -0.39 is 0 Å². The van der Waals surface area contributed by atoms with E-state index in [9.17, 15) is 9.18 Å². The number of nitrogens with zero attached hydrogens (tertiary/aromatic N) is 2. The number of carbonyl (C=O) groups excluding carboxylic acids is 1. The topological polar surface area (TPSA) is 64.1 Å². The molecular formula is C13H12FN3O2. The largest absolute Gasteiger partial charge is 0.453 e. The summed E-state index contributed by atoms with van der Waals surface area (Å²) in [6.07, 6.45) is 3.05. The zero-order valence-electron chi connectivity index (χ0n) is 10.0. The van der Waals surface area contributed by atoms with Crippen LogP contribution in [0.15, 0.2) is 42.7 Å². The van der Waals surface area contributed by atoms with E-state index in [0.717, 1.165) is 5.56 Å². The van der Waals surface area contributed by atoms with Crippen LogP contribution in [0.2, 0.25) is 0 Å². The fraction of sp³-hybridized carbons (Fsp3) is 0.154. The van der Waals surface area contributed by atoms with Crippen LogP contribution >= 0.6 is 0 Å². The Morgan fingerprint density at radius 3 is 2.58 bits per heavy atom. The van der Waals surface area contributed by atoms with Crippen LogP contribution in [-0.4, -0.2) is 22.5 Å². The second kappa shape index (κ2) is 6.44. The molecule has 0 saturated heterocycles. The molecule has 0 radical (unpaired) electrons. The van der Waals surface area contributed by atoms with E-state index in [2.05, 4.69) is 15.3 Å². The molecule has 19 heavy (non-hydrogen) atoms. The van der Waals surface area contributed by atoms with Gasteiger partial charge in [-0.25, -0.2) is 14.4 Å². The van der Waals surface area contributed by atoms with Crippen molar-refractivity contribution in [1.82, 2.24) is 15.3 Å². The van der Waals surface area contributed by atoms with Gasteiger partial charge in [0.15, 0.2) is 6.61 Å². The summed E-state index contributed by atoms with van der Waals surface area (Å²) in [5.41, 5.74) is 0.811. The highest BCUT2D eigenvalue weighted by atomic mass is 19.1. The number of aromatic nitrogens is 2. The third-order valence-electron chi connectivity index (χ3n) is 2.28. The number of halogens is 1. The summed E-state index contributed by atoms with van der Waals surface area (Å²) >= 11 is 0. The van der Waals surface area contributed by atoms with Crippen LogP contribution in [0.1, 0.15) is 5.56 Å². The second-order valence-electron chi connectivity index (χ2n) is 3.72. The molecule has 0 aliphatic carbocycles. The number of carbonyl (C=O) groups is 1. The van der Waals surface area contributed by atoms with Gasteiger partial charge in [-0.05, 0) is 23.8 Å². The Morgan fingerprint density at radius 2 is 1.89 bits per heavy atom. The van der Waals surface area contributed by atoms with Crippen molar-refractivity contribution in [1.29, 1.82) is 0 Å². The molecule has 0 aliphatic rings. The molecule has 2 aromatic rings. The third kappa shape index (κ3) is 4.34. The van der Waals surface area contributed by atoms with Crippen LogP contribution < -0.4 is 10.1 Å². The summed E-state index contributed by atoms with van der Waals surface area (Å²) in [4.78, 5) is 19.1. The number of nitrogens with one attached hydrogen (secondary N) is 1. The quantitative estimate of drug-likeness (QED) is 0.881. The molecule has 1 aromatic carbocycles. The first-order chi connectivity index (χ1) is 9.24. The van der Waals surface area contributed by atoms with E-state index in [1.54, 1.807) is 18.2 Å². The van der Waals surface area contributed by atoms with Crippen LogP contribution in [0.5, 0.6) is 6.01 Å². The average Bonchev–Trinajstić information content (AvgIpc) is 2.45. The summed E-state index contributed by atoms with van der Waals surface area (Å²) in [6.45, 7) is 0.156. The number of amides is 1. The Labute approximate surface area is 109 Å². The van der Waals surface area contributed by atoms with E-state index >= 15 is 0 Å². The van der Waals surface area contributed by atoms with E-state index in [0.29, 0.717) is 6.54 Å². The Morgan fingerprint density at radius 1 is 1.21 bits per heavy atom. The normalized spacial score (nSPS) is 9.95. The van der Waals surface area contributed by atoms with E-state index in [4.69, 9.17) is 4.74 Å². The van der Waals surface area contributed by atoms with Crippen molar-refractivity contribution in [2.24, 2.45) is 0 Å². The van der Waals surface area contributed by atoms with Crippen molar-refractivity contribution in [2.45, 2.75) is 6.54 Å². The maximum Gasteiger partial charge on any atom is 0.316 e. The van der Waals surface area contributed by atoms with Crippen molar-refractivity contribution in [3.8, 4) is 6.01 Å². The molecule has 98 valence electrons. The molecule has 0 spiro atoms. The minimum absolute atomic E-state index is 0.152. The van der Waals surface area contributed by atoms with Gasteiger partial charge in [0, 0.05) is 18.9 Å². The lowest BCUT2D eigenvalue weighted by Gasteiger charge is -2.06. The van der Waals surface area contributed by atoms with Crippen molar-refractivity contribution >= 4 is 5.91 Å². The van der Waals surface area contributed by atoms with E-state index in [-0.39, 0.29) is 24.3 Å². The third-order valence-corrected chi connectivity index (χ3v) is 2.28. The van der Waals surface area contributed by atoms with Gasteiger partial charge in [0.2, 0.25) is 0 Å². The molecule has 1 N–H and O–H groups in total. The van der Waals surface area contributed by atoms with E-state index in [1.807, 2.05) is 0 Å². The van der Waals surface area contributed by atoms with Gasteiger partial charge in [-0.3, -0.25) is 4.79 Å². The number of rotatable bonds is 5. The van der Waals surface area contributed by atoms with Gasteiger partial charge in [0.1, 0.15) is 5.82 Å². The summed E-state index contributed by atoms with van der Waals surface area (Å²) in [7, 11) is 0. The summed E-state index contributed by atoms with van der Waals surface area (Å²) in [5, 5.41) is 2.65. The summed E-state index contributed by atoms with van der Waals surface area (Å²) in [6, 6.07) is 7.71. The van der Waals surface area contributed by atoms with Gasteiger partial charge < -0.3 is 10.1 Å². The van der Waals surface area contributed by atoms with Gasteiger partial charge in [-0.2, -0.15) is 0 Å². The van der Waals surface area contributed by atoms with Crippen LogP contribution in [0, 0.1) is 5.82 Å². The highest BCUT2D eigenvalue weighted by molar-refractivity contribution is 5.77. The van der Waals surface area contributed by atoms with E-state index in [1.165, 1.54) is 24.5 Å². The Balaban J connectivity index is 1.74. The number of hydrogen-bond donors (Lipinski definition) is 1. The molecule has 1 heterocycles. The average molecular weight is 261 g/mol. The molecule has 0 bridgehead atoms. The summed E-state index contributed by atoms with van der Waals surface area (Å²) in [5.74, 6) is -0.601. The highest BCUT2D eigenvalue weighted by Gasteiger charge is 2.04. The molecule has 0 atom stereocenters. The first-order valence-corrected chi connectivity index (χ1v) is 5.65. The fourth-order valence-electron chi connectivity index (χ4n) is 1.34. The molecule has 2 rings (SSSR count). The standard InChI is InChI=1S/C13H12FN3O2/c14-11-4-2-10(3-5-11)8-17-12(18)9-19-13-15-6-1-7-16-13/h1-7H,8-9H2,(H,17,18). The number of benzene rings is 1. The lowest BCUT2D eigenvalue weighted by Crippen LogP contribution is -2.28. The van der Waals surface area contributed by atoms with Gasteiger partial charge in [-0.1, -0.05) is 12.1 Å². The second-order valence-corrected chi connectivity index (χ2v) is 3.72. The van der Waals surface area contributed by atoms with Gasteiger partial charge in [0.25, 0.3) is 5.91 Å². The zero-order chi connectivity index (χ0) is 13.5. The lowest BCUT2D eigenvalue weighted by atomic mass is 10.2. The fourth-order valence-corrected chi connectivity index (χ4v) is 1.34. The number of hydrogen-bond acceptors (Lipinski definition) is 4. The maximum absolute atomic E-state index is 12.7. The van der Waals surface area contributed by atoms with Crippen LogP contribution in [0.3, 0.4) is 0 Å². The van der Waals surface area contributed by atoms with Crippen LogP contribution in [-0.2, 0) is 11.3 Å². The molecule has 5 nitrogen and oxygen atoms in total. The maximum atomic E-state index is 12.7. The zero-order valence-corrected chi connectivity index (χ0v) is 10.0. The SMILES string of the molecule is O=C(COc1ncccn1)NCc1ccc(F)cc1. The van der Waals surface area contributed by atoms with Gasteiger partial charge in [-0.15, -0.1) is 0 Å². The van der Waals surface area contributed by atoms with Gasteiger partial charge in [0.05, 0.1) is 0 Å². The van der Waals surface area contributed by atoms with Crippen molar-refractivity contribution < 1.29 is 13.9 Å². The molecule has 0 unspecified atom stereocenters. The molecule has 0 fully saturated rings. The molecule has 0 aliphatic heterocycles. The van der Waals surface area contributed by atoms with Crippen LogP contribution in [0.4, 0.5) is 4.39 Å². The smallest absolute Gasteiger partial charge is 0.316 e. The Kier molecular flexibility index (Phi) is 4.39. The predicted molar refractivity (Wildman–Crippen MR) is 65.8 cm³/mol. The molecule has 0 saturated carbocycles. The summed E-state index contributed by atoms with van der Waals surface area (Å²) < 4.78 is 17.8. The van der Waals surface area contributed by atoms with Gasteiger partial charge >= 0.3 is 6.01 Å². The van der Waals surface area contributed by atoms with Crippen LogP contribution in [0.25, 0.3) is 0 Å². The monoisotopic (exact) mass is 261 g/mol. The minimum Gasteiger partial charge on any atom is -0.453 e. The lowest BCUT2D eigenvalue weighted by molar-refractivity contribution is -0.123. The number of ether oxygens (including phenoxy) is 1. The Hall–Kier alpha value is -2.50.